The molecule has 0 spiro atoms. The number of ether oxygens (including phenoxy) is 1. The van der Waals surface area contributed by atoms with Crippen molar-refractivity contribution in [3.05, 3.63) is 29.8 Å². The van der Waals surface area contributed by atoms with Crippen molar-refractivity contribution in [1.82, 2.24) is 0 Å². The van der Waals surface area contributed by atoms with Gasteiger partial charge >= 0.3 is 5.97 Å². The Morgan fingerprint density at radius 1 is 1.24 bits per heavy atom. The monoisotopic (exact) mass is 292 g/mol. The van der Waals surface area contributed by atoms with Gasteiger partial charge in [-0.05, 0) is 43.5 Å². The molecule has 0 amide bonds. The average molecular weight is 292 g/mol. The Morgan fingerprint density at radius 3 is 2.67 bits per heavy atom. The van der Waals surface area contributed by atoms with Gasteiger partial charge in [-0.25, -0.2) is 4.79 Å². The summed E-state index contributed by atoms with van der Waals surface area (Å²) >= 11 is 0. The van der Waals surface area contributed by atoms with Crippen LogP contribution in [0, 0.1) is 0 Å². The topological polar surface area (TPSA) is 66.8 Å². The van der Waals surface area contributed by atoms with Crippen LogP contribution < -0.4 is 0 Å². The normalized spacial score (nSPS) is 12.5. The molecule has 0 aromatic heterocycles. The minimum Gasteiger partial charge on any atom is -0.504 e. The van der Waals surface area contributed by atoms with Crippen LogP contribution in [0.4, 0.5) is 0 Å². The number of hydrogen-bond donors (Lipinski definition) is 2. The van der Waals surface area contributed by atoms with Crippen molar-refractivity contribution in [2.75, 3.05) is 0 Å². The van der Waals surface area contributed by atoms with Gasteiger partial charge in [0.05, 0.1) is 6.10 Å². The molecule has 0 aliphatic heterocycles. The second-order valence-electron chi connectivity index (χ2n) is 5.18. The van der Waals surface area contributed by atoms with E-state index in [0.717, 1.165) is 12.8 Å². The first-order valence-electron chi connectivity index (χ1n) is 7.43. The number of aromatic hydroxyl groups is 2. The number of carbonyl (C=O) groups excluding carboxylic acids is 1. The van der Waals surface area contributed by atoms with Crippen LogP contribution in [0.15, 0.2) is 24.3 Å². The molecule has 0 saturated carbocycles. The van der Waals surface area contributed by atoms with Gasteiger partial charge in [0.25, 0.3) is 0 Å². The van der Waals surface area contributed by atoms with E-state index in [1.165, 1.54) is 37.5 Å². The second-order valence-corrected chi connectivity index (χ2v) is 5.18. The molecule has 1 aromatic rings. The van der Waals surface area contributed by atoms with Crippen molar-refractivity contribution in [3.63, 3.8) is 0 Å². The van der Waals surface area contributed by atoms with E-state index < -0.39 is 5.97 Å². The fraction of sp³-hybridized carbons (Fsp3) is 0.471. The molecule has 1 rings (SSSR count). The summed E-state index contributed by atoms with van der Waals surface area (Å²) in [5.74, 6) is -0.796. The molecule has 2 N–H and O–H groups in total. The SMILES string of the molecule is CCCCCCC(C)OC(=O)/C=C/c1ccc(O)c(O)c1. The molecule has 0 aliphatic rings. The molecule has 1 aromatic carbocycles. The van der Waals surface area contributed by atoms with Crippen molar-refractivity contribution < 1.29 is 19.7 Å². The Hall–Kier alpha value is -1.97. The smallest absolute Gasteiger partial charge is 0.331 e. The second kappa shape index (κ2) is 9.06. The summed E-state index contributed by atoms with van der Waals surface area (Å²) in [6.45, 7) is 4.05. The van der Waals surface area contributed by atoms with Gasteiger partial charge in [-0.2, -0.15) is 0 Å². The number of benzene rings is 1. The van der Waals surface area contributed by atoms with Crippen LogP contribution in [0.25, 0.3) is 6.08 Å². The molecule has 21 heavy (non-hydrogen) atoms. The molecule has 0 saturated heterocycles. The maximum absolute atomic E-state index is 11.6. The lowest BCUT2D eigenvalue weighted by molar-refractivity contribution is -0.142. The molecule has 0 heterocycles. The molecule has 0 fully saturated rings. The molecule has 0 radical (unpaired) electrons. The quantitative estimate of drug-likeness (QED) is 0.329. The van der Waals surface area contributed by atoms with Gasteiger partial charge in [-0.15, -0.1) is 0 Å². The lowest BCUT2D eigenvalue weighted by Gasteiger charge is -2.11. The summed E-state index contributed by atoms with van der Waals surface area (Å²) < 4.78 is 5.27. The Bertz CT molecular complexity index is 480. The fourth-order valence-electron chi connectivity index (χ4n) is 1.96. The van der Waals surface area contributed by atoms with Gasteiger partial charge in [0.15, 0.2) is 11.5 Å². The van der Waals surface area contributed by atoms with Gasteiger partial charge in [0.1, 0.15) is 0 Å². The summed E-state index contributed by atoms with van der Waals surface area (Å²) in [4.78, 5) is 11.6. The van der Waals surface area contributed by atoms with Crippen molar-refractivity contribution in [3.8, 4) is 11.5 Å². The molecule has 116 valence electrons. The van der Waals surface area contributed by atoms with Crippen LogP contribution in [0.1, 0.15) is 51.5 Å². The van der Waals surface area contributed by atoms with Crippen molar-refractivity contribution in [2.24, 2.45) is 0 Å². The van der Waals surface area contributed by atoms with Crippen LogP contribution >= 0.6 is 0 Å². The largest absolute Gasteiger partial charge is 0.504 e. The first-order chi connectivity index (χ1) is 10.0. The number of phenolic OH excluding ortho intramolecular Hbond substituents is 2. The number of rotatable bonds is 8. The van der Waals surface area contributed by atoms with E-state index in [4.69, 9.17) is 4.74 Å². The van der Waals surface area contributed by atoms with E-state index in [0.29, 0.717) is 5.56 Å². The van der Waals surface area contributed by atoms with Gasteiger partial charge in [-0.1, -0.05) is 32.3 Å². The third-order valence-corrected chi connectivity index (χ3v) is 3.19. The molecular weight excluding hydrogens is 268 g/mol. The molecule has 4 heteroatoms. The Kier molecular flexibility index (Phi) is 7.37. The number of hydrogen-bond acceptors (Lipinski definition) is 4. The van der Waals surface area contributed by atoms with E-state index in [1.807, 2.05) is 6.92 Å². The predicted octanol–water partition coefficient (Wildman–Crippen LogP) is 4.01. The van der Waals surface area contributed by atoms with Crippen LogP contribution in [0.5, 0.6) is 11.5 Å². The van der Waals surface area contributed by atoms with Gasteiger partial charge in [0.2, 0.25) is 0 Å². The number of carbonyl (C=O) groups is 1. The van der Waals surface area contributed by atoms with Crippen molar-refractivity contribution >= 4 is 12.0 Å². The lowest BCUT2D eigenvalue weighted by atomic mass is 10.1. The van der Waals surface area contributed by atoms with Gasteiger partial charge in [-0.3, -0.25) is 0 Å². The average Bonchev–Trinajstić information content (AvgIpc) is 2.45. The third-order valence-electron chi connectivity index (χ3n) is 3.19. The highest BCUT2D eigenvalue weighted by Gasteiger charge is 2.06. The van der Waals surface area contributed by atoms with E-state index >= 15 is 0 Å². The van der Waals surface area contributed by atoms with Gasteiger partial charge < -0.3 is 14.9 Å². The highest BCUT2D eigenvalue weighted by molar-refractivity contribution is 5.87. The standard InChI is InChI=1S/C17H24O4/c1-3-4-5-6-7-13(2)21-17(20)11-9-14-8-10-15(18)16(19)12-14/h8-13,18-19H,3-7H2,1-2H3/b11-9+. The third kappa shape index (κ3) is 6.84. The molecule has 0 aliphatic carbocycles. The predicted molar refractivity (Wildman–Crippen MR) is 83.1 cm³/mol. The lowest BCUT2D eigenvalue weighted by Crippen LogP contribution is -2.12. The number of phenols is 2. The van der Waals surface area contributed by atoms with Crippen LogP contribution in [0.2, 0.25) is 0 Å². The minimum absolute atomic E-state index is 0.0905. The highest BCUT2D eigenvalue weighted by atomic mass is 16.5. The zero-order chi connectivity index (χ0) is 15.7. The summed E-state index contributed by atoms with van der Waals surface area (Å²) in [5.41, 5.74) is 0.623. The number of esters is 1. The molecule has 1 unspecified atom stereocenters. The minimum atomic E-state index is -0.398. The summed E-state index contributed by atoms with van der Waals surface area (Å²) in [7, 11) is 0. The van der Waals surface area contributed by atoms with E-state index in [2.05, 4.69) is 6.92 Å². The van der Waals surface area contributed by atoms with E-state index in [-0.39, 0.29) is 17.6 Å². The molecular formula is C17H24O4. The highest BCUT2D eigenvalue weighted by Crippen LogP contribution is 2.25. The van der Waals surface area contributed by atoms with Crippen LogP contribution in [-0.2, 0) is 9.53 Å². The van der Waals surface area contributed by atoms with Gasteiger partial charge in [0, 0.05) is 6.08 Å². The van der Waals surface area contributed by atoms with E-state index in [1.54, 1.807) is 12.1 Å². The first-order valence-corrected chi connectivity index (χ1v) is 7.43. The first kappa shape index (κ1) is 17.1. The molecule has 0 bridgehead atoms. The van der Waals surface area contributed by atoms with Crippen molar-refractivity contribution in [1.29, 1.82) is 0 Å². The summed E-state index contributed by atoms with van der Waals surface area (Å²) in [6, 6.07) is 4.36. The Morgan fingerprint density at radius 2 is 2.00 bits per heavy atom. The van der Waals surface area contributed by atoms with Crippen LogP contribution in [-0.4, -0.2) is 22.3 Å². The van der Waals surface area contributed by atoms with E-state index in [9.17, 15) is 15.0 Å². The maximum Gasteiger partial charge on any atom is 0.331 e. The summed E-state index contributed by atoms with van der Waals surface area (Å²) in [6.07, 6.45) is 8.30. The number of unbranched alkanes of at least 4 members (excludes halogenated alkanes) is 3. The summed E-state index contributed by atoms with van der Waals surface area (Å²) in [5, 5.41) is 18.5. The maximum atomic E-state index is 11.6. The molecule has 4 nitrogen and oxygen atoms in total. The van der Waals surface area contributed by atoms with Crippen LogP contribution in [0.3, 0.4) is 0 Å². The molecule has 1 atom stereocenters. The van der Waals surface area contributed by atoms with Crippen molar-refractivity contribution in [2.45, 2.75) is 52.1 Å². The Balaban J connectivity index is 2.38. The zero-order valence-corrected chi connectivity index (χ0v) is 12.7. The Labute approximate surface area is 126 Å². The fourth-order valence-corrected chi connectivity index (χ4v) is 1.96. The zero-order valence-electron chi connectivity index (χ0n) is 12.7.